The van der Waals surface area contributed by atoms with E-state index in [2.05, 4.69) is 104 Å². The number of hydrogen-bond acceptors (Lipinski definition) is 1. The van der Waals surface area contributed by atoms with Gasteiger partial charge in [-0.05, 0) is 134 Å². The Morgan fingerprint density at radius 2 is 1.36 bits per heavy atom. The maximum atomic E-state index is 6.02. The summed E-state index contributed by atoms with van der Waals surface area (Å²) < 4.78 is 6.02. The fourth-order valence-corrected chi connectivity index (χ4v) is 8.38. The van der Waals surface area contributed by atoms with Crippen LogP contribution in [-0.4, -0.2) is 12.2 Å². The van der Waals surface area contributed by atoms with Gasteiger partial charge in [-0.15, -0.1) is 0 Å². The van der Waals surface area contributed by atoms with E-state index in [1.165, 1.54) is 32.1 Å². The highest BCUT2D eigenvalue weighted by Gasteiger charge is 2.56. The van der Waals surface area contributed by atoms with Crippen LogP contribution in [0.4, 0.5) is 0 Å². The second kappa shape index (κ2) is 9.14. The molecule has 3 unspecified atom stereocenters. The van der Waals surface area contributed by atoms with Crippen molar-refractivity contribution in [1.82, 2.24) is 0 Å². The molecular formula is C35H60O. The van der Waals surface area contributed by atoms with Crippen LogP contribution in [0.2, 0.25) is 0 Å². The lowest BCUT2D eigenvalue weighted by molar-refractivity contribution is -0.0347. The Labute approximate surface area is 225 Å². The first-order valence-corrected chi connectivity index (χ1v) is 14.9. The highest BCUT2D eigenvalue weighted by molar-refractivity contribution is 5.65. The van der Waals surface area contributed by atoms with Crippen LogP contribution >= 0.6 is 0 Å². The van der Waals surface area contributed by atoms with Gasteiger partial charge in [0.1, 0.15) is 0 Å². The van der Waals surface area contributed by atoms with Crippen LogP contribution in [0.5, 0.6) is 0 Å². The van der Waals surface area contributed by atoms with Crippen molar-refractivity contribution < 1.29 is 4.74 Å². The lowest BCUT2D eigenvalue weighted by atomic mass is 9.45. The van der Waals surface area contributed by atoms with E-state index in [0.29, 0.717) is 16.7 Å². The normalized spacial score (nSPS) is 25.1. The second-order valence-electron chi connectivity index (χ2n) is 16.4. The van der Waals surface area contributed by atoms with Crippen LogP contribution in [0.15, 0.2) is 0 Å². The average molecular weight is 497 g/mol. The molecule has 0 saturated heterocycles. The van der Waals surface area contributed by atoms with Crippen LogP contribution in [0, 0.1) is 36.0 Å². The van der Waals surface area contributed by atoms with Gasteiger partial charge >= 0.3 is 0 Å². The highest BCUT2D eigenvalue weighted by atomic mass is 16.5. The van der Waals surface area contributed by atoms with Gasteiger partial charge in [0.05, 0.1) is 5.60 Å². The van der Waals surface area contributed by atoms with Crippen molar-refractivity contribution in [2.45, 2.75) is 159 Å². The standard InChI is InChI=1S/C35H60O/c1-16-34(14)20-26-24(3)29-27(23(2)28(26)34)21-35(29,15)25(4)33(12,13)32(10,11)22-31(8,9)18-17-19-36-30(5,6)7/h25H,16-22H2,1-15H3. The Morgan fingerprint density at radius 3 is 1.89 bits per heavy atom. The molecule has 3 rings (SSSR count). The molecular weight excluding hydrogens is 436 g/mol. The van der Waals surface area contributed by atoms with Crippen LogP contribution in [0.25, 0.3) is 0 Å². The largest absolute Gasteiger partial charge is 0.376 e. The van der Waals surface area contributed by atoms with Gasteiger partial charge in [-0.1, -0.05) is 69.2 Å². The minimum Gasteiger partial charge on any atom is -0.376 e. The number of rotatable bonds is 10. The van der Waals surface area contributed by atoms with Crippen molar-refractivity contribution >= 4 is 0 Å². The van der Waals surface area contributed by atoms with Crippen molar-refractivity contribution in [3.8, 4) is 0 Å². The van der Waals surface area contributed by atoms with Crippen LogP contribution in [-0.2, 0) is 28.4 Å². The molecule has 0 radical (unpaired) electrons. The van der Waals surface area contributed by atoms with E-state index in [9.17, 15) is 0 Å². The molecule has 0 bridgehead atoms. The van der Waals surface area contributed by atoms with Crippen molar-refractivity contribution in [3.05, 3.63) is 33.4 Å². The first-order chi connectivity index (χ1) is 16.1. The molecule has 1 aromatic rings. The summed E-state index contributed by atoms with van der Waals surface area (Å²) in [5, 5.41) is 0. The number of hydrogen-bond donors (Lipinski definition) is 0. The molecule has 0 fully saturated rings. The van der Waals surface area contributed by atoms with Gasteiger partial charge < -0.3 is 4.74 Å². The molecule has 2 aliphatic carbocycles. The summed E-state index contributed by atoms with van der Waals surface area (Å²) in [5.41, 5.74) is 11.4. The Balaban J connectivity index is 1.81. The molecule has 0 N–H and O–H groups in total. The van der Waals surface area contributed by atoms with Crippen molar-refractivity contribution in [3.63, 3.8) is 0 Å². The smallest absolute Gasteiger partial charge is 0.0598 e. The number of fused-ring (bicyclic) bond motifs is 2. The third-order valence-electron chi connectivity index (χ3n) is 11.6. The molecule has 0 saturated carbocycles. The summed E-state index contributed by atoms with van der Waals surface area (Å²) in [6.07, 6.45) is 7.37. The number of benzene rings is 1. The summed E-state index contributed by atoms with van der Waals surface area (Å²) in [6.45, 7) is 37.4. The molecule has 3 atom stereocenters. The maximum absolute atomic E-state index is 6.02. The summed E-state index contributed by atoms with van der Waals surface area (Å²) in [5.74, 6) is 0.612. The summed E-state index contributed by atoms with van der Waals surface area (Å²) >= 11 is 0. The zero-order chi connectivity index (χ0) is 27.7. The topological polar surface area (TPSA) is 9.23 Å². The molecule has 0 heterocycles. The van der Waals surface area contributed by atoms with Gasteiger partial charge in [0.15, 0.2) is 0 Å². The van der Waals surface area contributed by atoms with E-state index in [0.717, 1.165) is 13.0 Å². The quantitative estimate of drug-likeness (QED) is 0.293. The molecule has 206 valence electrons. The lowest BCUT2D eigenvalue weighted by Gasteiger charge is -2.59. The SMILES string of the molecule is CCC1(C)Cc2c(C)c3c(c(C)c21)CC3(C)C(C)C(C)(C)C(C)(C)CC(C)(C)CCCOC(C)(C)C. The third kappa shape index (κ3) is 4.85. The van der Waals surface area contributed by atoms with E-state index in [4.69, 9.17) is 4.74 Å². The predicted molar refractivity (Wildman–Crippen MR) is 158 cm³/mol. The summed E-state index contributed by atoms with van der Waals surface area (Å²) in [4.78, 5) is 0. The highest BCUT2D eigenvalue weighted by Crippen LogP contribution is 2.62. The van der Waals surface area contributed by atoms with Gasteiger partial charge in [-0.2, -0.15) is 0 Å². The average Bonchev–Trinajstić information content (AvgIpc) is 2.69. The van der Waals surface area contributed by atoms with Gasteiger partial charge in [0.2, 0.25) is 0 Å². The third-order valence-corrected chi connectivity index (χ3v) is 11.6. The van der Waals surface area contributed by atoms with Crippen LogP contribution in [0.3, 0.4) is 0 Å². The van der Waals surface area contributed by atoms with Crippen molar-refractivity contribution in [2.75, 3.05) is 6.61 Å². The zero-order valence-electron chi connectivity index (χ0n) is 26.9. The fraction of sp³-hybridized carbons (Fsp3) is 0.829. The monoisotopic (exact) mass is 496 g/mol. The van der Waals surface area contributed by atoms with Gasteiger partial charge in [0, 0.05) is 12.0 Å². The van der Waals surface area contributed by atoms with Gasteiger partial charge in [0.25, 0.3) is 0 Å². The summed E-state index contributed by atoms with van der Waals surface area (Å²) in [6, 6.07) is 0. The molecule has 36 heavy (non-hydrogen) atoms. The fourth-order valence-electron chi connectivity index (χ4n) is 8.38. The van der Waals surface area contributed by atoms with E-state index < -0.39 is 0 Å². The minimum absolute atomic E-state index is 0.0396. The van der Waals surface area contributed by atoms with Gasteiger partial charge in [-0.3, -0.25) is 0 Å². The zero-order valence-corrected chi connectivity index (χ0v) is 26.9. The second-order valence-corrected chi connectivity index (χ2v) is 16.4. The van der Waals surface area contributed by atoms with Gasteiger partial charge in [-0.25, -0.2) is 0 Å². The van der Waals surface area contributed by atoms with E-state index in [1.54, 1.807) is 33.4 Å². The van der Waals surface area contributed by atoms with Crippen molar-refractivity contribution in [2.24, 2.45) is 22.2 Å². The Kier molecular flexibility index (Phi) is 7.54. The van der Waals surface area contributed by atoms with E-state index in [1.807, 2.05) is 0 Å². The molecule has 0 amide bonds. The molecule has 0 aliphatic heterocycles. The molecule has 1 aromatic carbocycles. The van der Waals surface area contributed by atoms with Crippen LogP contribution in [0.1, 0.15) is 149 Å². The molecule has 0 spiro atoms. The maximum Gasteiger partial charge on any atom is 0.0598 e. The Morgan fingerprint density at radius 1 is 0.833 bits per heavy atom. The molecule has 2 aliphatic rings. The first kappa shape index (κ1) is 29.7. The first-order valence-electron chi connectivity index (χ1n) is 14.9. The Bertz CT molecular complexity index is 968. The number of ether oxygens (including phenoxy) is 1. The van der Waals surface area contributed by atoms with Crippen molar-refractivity contribution in [1.29, 1.82) is 0 Å². The predicted octanol–water partition coefficient (Wildman–Crippen LogP) is 10.0. The lowest BCUT2D eigenvalue weighted by Crippen LogP contribution is -2.54. The molecule has 0 aromatic heterocycles. The minimum atomic E-state index is -0.0396. The Hall–Kier alpha value is -0.820. The summed E-state index contributed by atoms with van der Waals surface area (Å²) in [7, 11) is 0. The van der Waals surface area contributed by atoms with E-state index >= 15 is 0 Å². The van der Waals surface area contributed by atoms with E-state index in [-0.39, 0.29) is 21.8 Å². The van der Waals surface area contributed by atoms with Crippen LogP contribution < -0.4 is 0 Å². The molecule has 1 nitrogen and oxygen atoms in total. The molecule has 1 heteroatoms.